The zero-order valence-corrected chi connectivity index (χ0v) is 18.6. The molecule has 0 aliphatic carbocycles. The lowest BCUT2D eigenvalue weighted by Crippen LogP contribution is -2.52. The quantitative estimate of drug-likeness (QED) is 0.576. The predicted octanol–water partition coefficient (Wildman–Crippen LogP) is 1.15. The largest absolute Gasteiger partial charge is 0.369 e. The summed E-state index contributed by atoms with van der Waals surface area (Å²) in [5, 5.41) is 9.26. The molecule has 33 heavy (non-hydrogen) atoms. The predicted molar refractivity (Wildman–Crippen MR) is 125 cm³/mol. The molecule has 2 aromatic carbocycles. The number of fused-ring (bicyclic) bond motifs is 1. The van der Waals surface area contributed by atoms with Gasteiger partial charge in [-0.25, -0.2) is 0 Å². The SMILES string of the molecule is O=C1CCC(N2Cc3ccc(CNCc4ccccc4N4CCNCC4)cc3C2=O)C(=O)N1. The molecule has 8 nitrogen and oxygen atoms in total. The number of hydrogen-bond donors (Lipinski definition) is 3. The summed E-state index contributed by atoms with van der Waals surface area (Å²) >= 11 is 0. The first-order valence-electron chi connectivity index (χ1n) is 11.6. The zero-order valence-electron chi connectivity index (χ0n) is 18.6. The van der Waals surface area contributed by atoms with E-state index < -0.39 is 6.04 Å². The van der Waals surface area contributed by atoms with Crippen molar-refractivity contribution < 1.29 is 14.4 Å². The van der Waals surface area contributed by atoms with E-state index >= 15 is 0 Å². The van der Waals surface area contributed by atoms with E-state index in [9.17, 15) is 14.4 Å². The van der Waals surface area contributed by atoms with E-state index in [0.717, 1.165) is 43.9 Å². The third-order valence-electron chi connectivity index (χ3n) is 6.69. The molecule has 3 aliphatic heterocycles. The minimum Gasteiger partial charge on any atom is -0.369 e. The highest BCUT2D eigenvalue weighted by atomic mass is 16.2. The van der Waals surface area contributed by atoms with Crippen molar-refractivity contribution in [1.29, 1.82) is 0 Å². The van der Waals surface area contributed by atoms with Crippen molar-refractivity contribution in [3.63, 3.8) is 0 Å². The highest BCUT2D eigenvalue weighted by Gasteiger charge is 2.39. The van der Waals surface area contributed by atoms with Crippen molar-refractivity contribution in [3.8, 4) is 0 Å². The van der Waals surface area contributed by atoms with Gasteiger partial charge in [0.2, 0.25) is 11.8 Å². The Morgan fingerprint density at radius 3 is 2.64 bits per heavy atom. The molecule has 1 atom stereocenters. The summed E-state index contributed by atoms with van der Waals surface area (Å²) in [7, 11) is 0. The molecule has 0 aromatic heterocycles. The van der Waals surface area contributed by atoms with Crippen LogP contribution in [0.25, 0.3) is 0 Å². The molecule has 5 rings (SSSR count). The van der Waals surface area contributed by atoms with Gasteiger partial charge in [0, 0.05) is 63.5 Å². The molecule has 0 bridgehead atoms. The van der Waals surface area contributed by atoms with Crippen LogP contribution in [0.3, 0.4) is 0 Å². The Bertz CT molecular complexity index is 1080. The molecule has 0 radical (unpaired) electrons. The number of hydrogen-bond acceptors (Lipinski definition) is 6. The van der Waals surface area contributed by atoms with Gasteiger partial charge in [-0.1, -0.05) is 30.3 Å². The summed E-state index contributed by atoms with van der Waals surface area (Å²) in [5.41, 5.74) is 5.15. The molecule has 1 unspecified atom stereocenters. The number of imide groups is 1. The van der Waals surface area contributed by atoms with Crippen LogP contribution >= 0.6 is 0 Å². The average Bonchev–Trinajstić information content (AvgIpc) is 3.16. The van der Waals surface area contributed by atoms with E-state index in [-0.39, 0.29) is 24.1 Å². The molecule has 0 spiro atoms. The van der Waals surface area contributed by atoms with Crippen LogP contribution in [-0.4, -0.2) is 54.8 Å². The molecule has 3 aliphatic rings. The number of anilines is 1. The van der Waals surface area contributed by atoms with Gasteiger partial charge in [0.05, 0.1) is 0 Å². The lowest BCUT2D eigenvalue weighted by molar-refractivity contribution is -0.136. The van der Waals surface area contributed by atoms with Crippen molar-refractivity contribution in [2.45, 2.75) is 38.5 Å². The summed E-state index contributed by atoms with van der Waals surface area (Å²) in [5.74, 6) is -0.782. The molecule has 8 heteroatoms. The first-order chi connectivity index (χ1) is 16.1. The van der Waals surface area contributed by atoms with Gasteiger partial charge in [-0.15, -0.1) is 0 Å². The molecule has 2 saturated heterocycles. The Morgan fingerprint density at radius 2 is 1.82 bits per heavy atom. The smallest absolute Gasteiger partial charge is 0.255 e. The topological polar surface area (TPSA) is 93.8 Å². The lowest BCUT2D eigenvalue weighted by Gasteiger charge is -2.31. The minimum absolute atomic E-state index is 0.134. The fourth-order valence-corrected chi connectivity index (χ4v) is 4.93. The van der Waals surface area contributed by atoms with Crippen LogP contribution < -0.4 is 20.9 Å². The second kappa shape index (κ2) is 9.33. The van der Waals surface area contributed by atoms with E-state index in [2.05, 4.69) is 45.1 Å². The zero-order chi connectivity index (χ0) is 22.8. The van der Waals surface area contributed by atoms with Crippen LogP contribution in [0.5, 0.6) is 0 Å². The van der Waals surface area contributed by atoms with E-state index in [1.807, 2.05) is 18.2 Å². The second-order valence-electron chi connectivity index (χ2n) is 8.86. The summed E-state index contributed by atoms with van der Waals surface area (Å²) in [4.78, 5) is 40.7. The van der Waals surface area contributed by atoms with E-state index in [0.29, 0.717) is 25.1 Å². The molecule has 3 heterocycles. The Morgan fingerprint density at radius 1 is 1.00 bits per heavy atom. The number of amides is 3. The number of carbonyl (C=O) groups is 3. The van der Waals surface area contributed by atoms with Crippen LogP contribution in [0.1, 0.15) is 39.9 Å². The summed E-state index contributed by atoms with van der Waals surface area (Å²) in [6.07, 6.45) is 0.645. The fraction of sp³-hybridized carbons (Fsp3) is 0.400. The first kappa shape index (κ1) is 21.6. The lowest BCUT2D eigenvalue weighted by atomic mass is 10.0. The number of nitrogens with zero attached hydrogens (tertiary/aromatic N) is 2. The third-order valence-corrected chi connectivity index (χ3v) is 6.69. The van der Waals surface area contributed by atoms with Crippen LogP contribution in [-0.2, 0) is 29.2 Å². The van der Waals surface area contributed by atoms with Gasteiger partial charge in [0.15, 0.2) is 0 Å². The van der Waals surface area contributed by atoms with Crippen LogP contribution in [0.2, 0.25) is 0 Å². The average molecular weight is 448 g/mol. The van der Waals surface area contributed by atoms with E-state index in [4.69, 9.17) is 0 Å². The monoisotopic (exact) mass is 447 g/mol. The number of benzene rings is 2. The second-order valence-corrected chi connectivity index (χ2v) is 8.86. The molecular formula is C25H29N5O3. The third kappa shape index (κ3) is 4.49. The van der Waals surface area contributed by atoms with Crippen LogP contribution in [0.4, 0.5) is 5.69 Å². The number of carbonyl (C=O) groups excluding carboxylic acids is 3. The van der Waals surface area contributed by atoms with Gasteiger partial charge in [-0.3, -0.25) is 19.7 Å². The van der Waals surface area contributed by atoms with E-state index in [1.165, 1.54) is 11.3 Å². The van der Waals surface area contributed by atoms with Gasteiger partial charge < -0.3 is 20.4 Å². The highest BCUT2D eigenvalue weighted by Crippen LogP contribution is 2.28. The number of nitrogens with one attached hydrogen (secondary N) is 3. The van der Waals surface area contributed by atoms with Gasteiger partial charge in [0.25, 0.3) is 5.91 Å². The molecule has 172 valence electrons. The fourth-order valence-electron chi connectivity index (χ4n) is 4.93. The van der Waals surface area contributed by atoms with Crippen molar-refractivity contribution in [2.75, 3.05) is 31.1 Å². The Balaban J connectivity index is 1.22. The Labute approximate surface area is 193 Å². The standard InChI is InChI=1S/C25H29N5O3/c31-23-8-7-22(24(32)28-23)30-16-19-6-5-17(13-20(19)25(30)33)14-27-15-18-3-1-2-4-21(18)29-11-9-26-10-12-29/h1-6,13,22,26-27H,7-12,14-16H2,(H,28,31,32). The van der Waals surface area contributed by atoms with Crippen molar-refractivity contribution in [3.05, 3.63) is 64.7 Å². The maximum absolute atomic E-state index is 13.0. The maximum Gasteiger partial charge on any atom is 0.255 e. The van der Waals surface area contributed by atoms with E-state index in [1.54, 1.807) is 4.90 Å². The summed E-state index contributed by atoms with van der Waals surface area (Å²) in [6.45, 7) is 5.82. The molecule has 0 saturated carbocycles. The first-order valence-corrected chi connectivity index (χ1v) is 11.6. The normalized spacial score (nSPS) is 20.7. The number of rotatable bonds is 6. The van der Waals surface area contributed by atoms with Gasteiger partial charge in [0.1, 0.15) is 6.04 Å². The summed E-state index contributed by atoms with van der Waals surface area (Å²) < 4.78 is 0. The molecule has 3 N–H and O–H groups in total. The number of piperazine rings is 1. The number of piperidine rings is 1. The maximum atomic E-state index is 13.0. The molecule has 2 aromatic rings. The van der Waals surface area contributed by atoms with Gasteiger partial charge in [-0.2, -0.15) is 0 Å². The van der Waals surface area contributed by atoms with Gasteiger partial charge in [-0.05, 0) is 35.2 Å². The Kier molecular flexibility index (Phi) is 6.11. The highest BCUT2D eigenvalue weighted by molar-refractivity contribution is 6.05. The van der Waals surface area contributed by atoms with Crippen LogP contribution in [0.15, 0.2) is 42.5 Å². The Hall–Kier alpha value is -3.23. The van der Waals surface area contributed by atoms with Crippen molar-refractivity contribution in [2.24, 2.45) is 0 Å². The van der Waals surface area contributed by atoms with Gasteiger partial charge >= 0.3 is 0 Å². The van der Waals surface area contributed by atoms with Crippen molar-refractivity contribution >= 4 is 23.4 Å². The number of para-hydroxylation sites is 1. The van der Waals surface area contributed by atoms with Crippen LogP contribution in [0, 0.1) is 0 Å². The van der Waals surface area contributed by atoms with Crippen molar-refractivity contribution in [1.82, 2.24) is 20.9 Å². The molecule has 2 fully saturated rings. The molecular weight excluding hydrogens is 418 g/mol. The minimum atomic E-state index is -0.578. The molecule has 3 amide bonds. The summed E-state index contributed by atoms with van der Waals surface area (Å²) in [6, 6.07) is 13.9.